The fourth-order valence-electron chi connectivity index (χ4n) is 1.50. The van der Waals surface area contributed by atoms with Crippen molar-refractivity contribution < 1.29 is 14.3 Å². The number of ether oxygens (including phenoxy) is 2. The number of rotatable bonds is 6. The van der Waals surface area contributed by atoms with Crippen molar-refractivity contribution in [2.75, 3.05) is 20.8 Å². The molecule has 0 aromatic heterocycles. The van der Waals surface area contributed by atoms with E-state index in [1.165, 1.54) is 0 Å². The summed E-state index contributed by atoms with van der Waals surface area (Å²) in [6.45, 7) is 4.38. The van der Waals surface area contributed by atoms with Crippen LogP contribution in [0.1, 0.15) is 19.4 Å². The summed E-state index contributed by atoms with van der Waals surface area (Å²) in [5, 5.41) is 2.86. The predicted octanol–water partition coefficient (Wildman–Crippen LogP) is 1.73. The average Bonchev–Trinajstić information content (AvgIpc) is 2.44. The Bertz CT molecular complexity index is 450. The molecule has 0 aliphatic carbocycles. The van der Waals surface area contributed by atoms with Crippen LogP contribution in [0.25, 0.3) is 0 Å². The molecule has 3 N–H and O–H groups in total. The molecule has 6 heteroatoms. The molecule has 0 atom stereocenters. The number of hydrogen-bond acceptors (Lipinski definition) is 4. The number of carbonyl (C=O) groups excluding carboxylic acids is 1. The van der Waals surface area contributed by atoms with E-state index in [9.17, 15) is 4.79 Å². The van der Waals surface area contributed by atoms with Gasteiger partial charge < -0.3 is 20.5 Å². The minimum Gasteiger partial charge on any atom is -0.493 e. The molecule has 0 aliphatic rings. The summed E-state index contributed by atoms with van der Waals surface area (Å²) in [7, 11) is 3.17. The first kappa shape index (κ1) is 18.5. The molecule has 0 bridgehead atoms. The van der Waals surface area contributed by atoms with Gasteiger partial charge in [0.1, 0.15) is 0 Å². The van der Waals surface area contributed by atoms with Gasteiger partial charge in [0.05, 0.1) is 19.6 Å². The Morgan fingerprint density at radius 1 is 1.25 bits per heavy atom. The quantitative estimate of drug-likeness (QED) is 0.839. The monoisotopic (exact) mass is 302 g/mol. The van der Waals surface area contributed by atoms with E-state index in [0.717, 1.165) is 5.56 Å². The summed E-state index contributed by atoms with van der Waals surface area (Å²) in [6.07, 6.45) is 0. The summed E-state index contributed by atoms with van der Waals surface area (Å²) in [5.74, 6) is 1.25. The minimum atomic E-state index is -0.559. The van der Waals surface area contributed by atoms with E-state index < -0.39 is 5.41 Å². The van der Waals surface area contributed by atoms with E-state index in [2.05, 4.69) is 5.32 Å². The zero-order chi connectivity index (χ0) is 14.5. The molecule has 114 valence electrons. The highest BCUT2D eigenvalue weighted by Crippen LogP contribution is 2.27. The van der Waals surface area contributed by atoms with Crippen molar-refractivity contribution in [2.45, 2.75) is 20.4 Å². The van der Waals surface area contributed by atoms with Gasteiger partial charge in [-0.05, 0) is 31.5 Å². The first-order valence-corrected chi connectivity index (χ1v) is 6.14. The molecule has 1 aromatic rings. The third-order valence-corrected chi connectivity index (χ3v) is 3.03. The third-order valence-electron chi connectivity index (χ3n) is 3.03. The van der Waals surface area contributed by atoms with Crippen LogP contribution in [0, 0.1) is 5.41 Å². The van der Waals surface area contributed by atoms with Crippen molar-refractivity contribution in [1.82, 2.24) is 5.32 Å². The molecule has 0 fully saturated rings. The minimum absolute atomic E-state index is 0. The van der Waals surface area contributed by atoms with Crippen molar-refractivity contribution in [3.8, 4) is 11.5 Å². The summed E-state index contributed by atoms with van der Waals surface area (Å²) in [5.41, 5.74) is 5.95. The van der Waals surface area contributed by atoms with E-state index in [1.54, 1.807) is 14.2 Å². The SMILES string of the molecule is COc1ccc(CNC(=O)C(C)(C)CN)cc1OC.Cl. The van der Waals surface area contributed by atoms with Gasteiger partial charge in [0.25, 0.3) is 0 Å². The molecule has 0 radical (unpaired) electrons. The van der Waals surface area contributed by atoms with Crippen molar-refractivity contribution in [3.63, 3.8) is 0 Å². The van der Waals surface area contributed by atoms with Crippen LogP contribution in [-0.2, 0) is 11.3 Å². The maximum atomic E-state index is 11.9. The molecule has 1 amide bonds. The highest BCUT2D eigenvalue weighted by Gasteiger charge is 2.25. The van der Waals surface area contributed by atoms with Gasteiger partial charge in [-0.2, -0.15) is 0 Å². The number of halogens is 1. The largest absolute Gasteiger partial charge is 0.493 e. The molecule has 0 aliphatic heterocycles. The molecule has 0 saturated heterocycles. The topological polar surface area (TPSA) is 73.6 Å². The highest BCUT2D eigenvalue weighted by atomic mass is 35.5. The van der Waals surface area contributed by atoms with Crippen molar-refractivity contribution >= 4 is 18.3 Å². The molecule has 0 heterocycles. The molecular weight excluding hydrogens is 280 g/mol. The van der Waals surface area contributed by atoms with Gasteiger partial charge >= 0.3 is 0 Å². The van der Waals surface area contributed by atoms with Crippen molar-refractivity contribution in [3.05, 3.63) is 23.8 Å². The van der Waals surface area contributed by atoms with Crippen LogP contribution >= 0.6 is 12.4 Å². The van der Waals surface area contributed by atoms with Crippen LogP contribution in [0.5, 0.6) is 11.5 Å². The van der Waals surface area contributed by atoms with Gasteiger partial charge in [0.15, 0.2) is 11.5 Å². The van der Waals surface area contributed by atoms with Crippen LogP contribution in [0.2, 0.25) is 0 Å². The fraction of sp³-hybridized carbons (Fsp3) is 0.500. The Balaban J connectivity index is 0.00000361. The predicted molar refractivity (Wildman–Crippen MR) is 81.5 cm³/mol. The number of benzene rings is 1. The van der Waals surface area contributed by atoms with E-state index in [0.29, 0.717) is 24.6 Å². The van der Waals surface area contributed by atoms with Crippen LogP contribution in [0.3, 0.4) is 0 Å². The van der Waals surface area contributed by atoms with Gasteiger partial charge in [-0.15, -0.1) is 12.4 Å². The Labute approximate surface area is 126 Å². The first-order chi connectivity index (χ1) is 8.94. The van der Waals surface area contributed by atoms with Crippen LogP contribution in [0.15, 0.2) is 18.2 Å². The average molecular weight is 303 g/mol. The smallest absolute Gasteiger partial charge is 0.227 e. The lowest BCUT2D eigenvalue weighted by molar-refractivity contribution is -0.129. The normalized spacial score (nSPS) is 10.4. The number of amides is 1. The maximum absolute atomic E-state index is 11.9. The second kappa shape index (κ2) is 7.97. The van der Waals surface area contributed by atoms with Gasteiger partial charge in [-0.25, -0.2) is 0 Å². The zero-order valence-corrected chi connectivity index (χ0v) is 13.2. The zero-order valence-electron chi connectivity index (χ0n) is 12.4. The third kappa shape index (κ3) is 4.58. The van der Waals surface area contributed by atoms with Crippen LogP contribution in [0.4, 0.5) is 0 Å². The summed E-state index contributed by atoms with van der Waals surface area (Å²) in [4.78, 5) is 11.9. The second-order valence-electron chi connectivity index (χ2n) is 4.96. The first-order valence-electron chi connectivity index (χ1n) is 6.14. The number of hydrogen-bond donors (Lipinski definition) is 2. The maximum Gasteiger partial charge on any atom is 0.227 e. The molecule has 20 heavy (non-hydrogen) atoms. The van der Waals surface area contributed by atoms with Gasteiger partial charge in [0, 0.05) is 13.1 Å². The Morgan fingerprint density at radius 3 is 2.35 bits per heavy atom. The molecule has 0 unspecified atom stereocenters. The van der Waals surface area contributed by atoms with Crippen LogP contribution in [-0.4, -0.2) is 26.7 Å². The summed E-state index contributed by atoms with van der Waals surface area (Å²) >= 11 is 0. The molecule has 5 nitrogen and oxygen atoms in total. The second-order valence-corrected chi connectivity index (χ2v) is 4.96. The van der Waals surface area contributed by atoms with Crippen molar-refractivity contribution in [1.29, 1.82) is 0 Å². The Hall–Kier alpha value is -1.46. The Kier molecular flexibility index (Phi) is 7.39. The molecule has 1 rings (SSSR count). The van der Waals surface area contributed by atoms with Gasteiger partial charge in [-0.1, -0.05) is 6.07 Å². The Morgan fingerprint density at radius 2 is 1.85 bits per heavy atom. The number of methoxy groups -OCH3 is 2. The van der Waals surface area contributed by atoms with E-state index in [-0.39, 0.29) is 18.3 Å². The molecular formula is C14H23ClN2O3. The number of nitrogens with two attached hydrogens (primary N) is 1. The molecule has 0 spiro atoms. The number of carbonyl (C=O) groups is 1. The lowest BCUT2D eigenvalue weighted by Gasteiger charge is -2.21. The molecule has 1 aromatic carbocycles. The standard InChI is InChI=1S/C14H22N2O3.ClH/c1-14(2,9-15)13(17)16-8-10-5-6-11(18-3)12(7-10)19-4;/h5-7H,8-9,15H2,1-4H3,(H,16,17);1H. The van der Waals surface area contributed by atoms with E-state index in [1.807, 2.05) is 32.0 Å². The van der Waals surface area contributed by atoms with Crippen LogP contribution < -0.4 is 20.5 Å². The lowest BCUT2D eigenvalue weighted by Crippen LogP contribution is -2.41. The molecule has 0 saturated carbocycles. The fourth-order valence-corrected chi connectivity index (χ4v) is 1.50. The van der Waals surface area contributed by atoms with E-state index >= 15 is 0 Å². The van der Waals surface area contributed by atoms with Gasteiger partial charge in [0.2, 0.25) is 5.91 Å². The number of nitrogens with one attached hydrogen (secondary N) is 1. The lowest BCUT2D eigenvalue weighted by atomic mass is 9.92. The van der Waals surface area contributed by atoms with E-state index in [4.69, 9.17) is 15.2 Å². The highest BCUT2D eigenvalue weighted by molar-refractivity contribution is 5.85. The van der Waals surface area contributed by atoms with Gasteiger partial charge in [-0.3, -0.25) is 4.79 Å². The van der Waals surface area contributed by atoms with Crippen molar-refractivity contribution in [2.24, 2.45) is 11.1 Å². The summed E-state index contributed by atoms with van der Waals surface area (Å²) in [6, 6.07) is 5.54. The summed E-state index contributed by atoms with van der Waals surface area (Å²) < 4.78 is 10.4.